The van der Waals surface area contributed by atoms with Crippen LogP contribution in [0.1, 0.15) is 46.1 Å². The molecule has 3 aromatic rings. The minimum Gasteiger partial charge on any atom is -0.497 e. The van der Waals surface area contributed by atoms with Gasteiger partial charge in [0, 0.05) is 31.3 Å². The monoisotopic (exact) mass is 645 g/mol. The number of rotatable bonds is 15. The molecule has 1 heterocycles. The van der Waals surface area contributed by atoms with Crippen LogP contribution in [0.3, 0.4) is 0 Å². The summed E-state index contributed by atoms with van der Waals surface area (Å²) < 4.78 is 38.9. The van der Waals surface area contributed by atoms with Crippen LogP contribution in [0, 0.1) is 12.8 Å². The molecular weight excluding hydrogens is 603 g/mol. The van der Waals surface area contributed by atoms with E-state index in [1.54, 1.807) is 44.3 Å². The molecule has 3 atom stereocenters. The number of aryl methyl sites for hydroxylation is 1. The Hall–Kier alpha value is -3.57. The van der Waals surface area contributed by atoms with Crippen LogP contribution in [0.5, 0.6) is 5.75 Å². The highest BCUT2D eigenvalue weighted by Gasteiger charge is 2.33. The number of aliphatic hydroxyl groups excluding tert-OH is 1. The molecule has 11 nitrogen and oxygen atoms in total. The molecule has 0 aliphatic rings. The molecule has 0 aliphatic heterocycles. The lowest BCUT2D eigenvalue weighted by atomic mass is 10.1. The van der Waals surface area contributed by atoms with Crippen molar-refractivity contribution in [2.45, 2.75) is 44.4 Å². The summed E-state index contributed by atoms with van der Waals surface area (Å²) in [7, 11) is -1.67. The number of carbonyl (C=O) groups excluding carboxylic acids is 2. The minimum atomic E-state index is -3.96. The number of benzene rings is 2. The molecule has 0 radical (unpaired) electrons. The summed E-state index contributed by atoms with van der Waals surface area (Å²) in [4.78, 5) is 32.2. The van der Waals surface area contributed by atoms with Gasteiger partial charge in [0.2, 0.25) is 15.9 Å². The molecule has 13 heteroatoms. The molecule has 0 fully saturated rings. The van der Waals surface area contributed by atoms with Crippen LogP contribution in [-0.2, 0) is 16.6 Å². The topological polar surface area (TPSA) is 142 Å². The molecule has 3 rings (SSSR count). The van der Waals surface area contributed by atoms with E-state index in [0.29, 0.717) is 29.1 Å². The van der Waals surface area contributed by atoms with E-state index < -0.39 is 35.6 Å². The van der Waals surface area contributed by atoms with Crippen molar-refractivity contribution >= 4 is 35.7 Å². The van der Waals surface area contributed by atoms with Gasteiger partial charge in [-0.15, -0.1) is 0 Å². The zero-order valence-corrected chi connectivity index (χ0v) is 27.8. The highest BCUT2D eigenvalue weighted by Crippen LogP contribution is 2.23. The van der Waals surface area contributed by atoms with Crippen molar-refractivity contribution in [1.82, 2.24) is 19.5 Å². The Morgan fingerprint density at radius 3 is 2.36 bits per heavy atom. The lowest BCUT2D eigenvalue weighted by Gasteiger charge is -2.29. The van der Waals surface area contributed by atoms with Crippen LogP contribution < -0.4 is 10.1 Å². The lowest BCUT2D eigenvalue weighted by Crippen LogP contribution is -2.51. The van der Waals surface area contributed by atoms with Gasteiger partial charge >= 0.3 is 0 Å². The normalized spacial score (nSPS) is 13.4. The Bertz CT molecular complexity index is 1560. The van der Waals surface area contributed by atoms with Gasteiger partial charge in [-0.05, 0) is 55.3 Å². The van der Waals surface area contributed by atoms with Gasteiger partial charge in [0.25, 0.3) is 11.8 Å². The SMILES string of the molecule is C=[P+](C)CC(NC(=O)c1cccc(C(=O)N(C)Cc2nc(C)co2)c1)C(O)CN(CC(C)C)S(=O)(=O)c1ccc(OC)cc1. The van der Waals surface area contributed by atoms with Gasteiger partial charge in [-0.2, -0.15) is 4.31 Å². The first kappa shape index (κ1) is 34.9. The maximum Gasteiger partial charge on any atom is 0.254 e. The number of nitrogens with zero attached hydrogens (tertiary/aromatic N) is 3. The highest BCUT2D eigenvalue weighted by molar-refractivity contribution is 7.89. The van der Waals surface area contributed by atoms with E-state index in [4.69, 9.17) is 9.15 Å². The third-order valence-electron chi connectivity index (χ3n) is 6.70. The molecule has 0 spiro atoms. The van der Waals surface area contributed by atoms with E-state index in [9.17, 15) is 23.1 Å². The van der Waals surface area contributed by atoms with Crippen LogP contribution in [0.25, 0.3) is 0 Å². The number of hydrogen-bond donors (Lipinski definition) is 2. The number of amides is 2. The summed E-state index contributed by atoms with van der Waals surface area (Å²) in [5.41, 5.74) is 1.23. The molecule has 0 saturated heterocycles. The van der Waals surface area contributed by atoms with Gasteiger partial charge in [-0.3, -0.25) is 9.59 Å². The number of aliphatic hydroxyl groups is 1. The van der Waals surface area contributed by atoms with Crippen molar-refractivity contribution in [3.63, 3.8) is 0 Å². The second-order valence-electron chi connectivity index (χ2n) is 11.2. The average molecular weight is 646 g/mol. The molecule has 0 aliphatic carbocycles. The summed E-state index contributed by atoms with van der Waals surface area (Å²) in [6.07, 6.45) is 4.71. The Morgan fingerprint density at radius 1 is 1.14 bits per heavy atom. The van der Waals surface area contributed by atoms with Gasteiger partial charge in [0.15, 0.2) is 0 Å². The van der Waals surface area contributed by atoms with Gasteiger partial charge in [0.05, 0.1) is 56.9 Å². The fourth-order valence-electron chi connectivity index (χ4n) is 4.53. The predicted molar refractivity (Wildman–Crippen MR) is 172 cm³/mol. The number of hydrogen-bond acceptors (Lipinski definition) is 8. The number of nitrogens with one attached hydrogen (secondary N) is 1. The number of sulfonamides is 1. The number of methoxy groups -OCH3 is 1. The molecule has 2 aromatic carbocycles. The van der Waals surface area contributed by atoms with Crippen molar-refractivity contribution in [2.75, 3.05) is 40.1 Å². The first-order valence-electron chi connectivity index (χ1n) is 14.1. The van der Waals surface area contributed by atoms with E-state index in [-0.39, 0.29) is 41.9 Å². The van der Waals surface area contributed by atoms with Gasteiger partial charge in [-0.25, -0.2) is 13.4 Å². The lowest BCUT2D eigenvalue weighted by molar-refractivity contribution is 0.0772. The summed E-state index contributed by atoms with van der Waals surface area (Å²) in [5.74, 6) is 0.0742. The third-order valence-corrected chi connectivity index (χ3v) is 9.57. The van der Waals surface area contributed by atoms with Crippen molar-refractivity contribution in [3.05, 3.63) is 77.5 Å². The van der Waals surface area contributed by atoms with E-state index in [1.165, 1.54) is 40.8 Å². The number of oxazole rings is 1. The standard InChI is InChI=1S/C31H41N4O7PS/c1-21(2)16-35(44(39,40)26-13-11-25(41-5)12-14-26)17-28(36)27(20-43(6)7)33-30(37)23-9-8-10-24(15-23)31(38)34(4)18-29-32-22(3)19-42-29/h8-15,19,21,27-28,36H,6,16-18,20H2,1-5,7H3/p+1. The molecule has 2 amide bonds. The summed E-state index contributed by atoms with van der Waals surface area (Å²) in [5, 5.41) is 14.2. The Morgan fingerprint density at radius 2 is 1.80 bits per heavy atom. The maximum atomic E-state index is 13.6. The number of ether oxygens (including phenoxy) is 1. The van der Waals surface area contributed by atoms with E-state index in [2.05, 4.69) is 16.6 Å². The molecule has 44 heavy (non-hydrogen) atoms. The van der Waals surface area contributed by atoms with Crippen molar-refractivity contribution < 1.29 is 32.3 Å². The number of carbonyl (C=O) groups is 2. The van der Waals surface area contributed by atoms with Gasteiger partial charge in [0.1, 0.15) is 18.2 Å². The van der Waals surface area contributed by atoms with E-state index in [0.717, 1.165) is 0 Å². The van der Waals surface area contributed by atoms with Crippen molar-refractivity contribution in [3.8, 4) is 5.75 Å². The largest absolute Gasteiger partial charge is 0.497 e. The van der Waals surface area contributed by atoms with Crippen LogP contribution in [0.15, 0.2) is 64.1 Å². The zero-order chi connectivity index (χ0) is 32.6. The third kappa shape index (κ3) is 9.46. The first-order valence-corrected chi connectivity index (χ1v) is 17.7. The molecule has 0 saturated carbocycles. The molecule has 3 unspecified atom stereocenters. The molecule has 238 valence electrons. The fraction of sp³-hybridized carbons (Fsp3) is 0.419. The maximum absolute atomic E-state index is 13.6. The van der Waals surface area contributed by atoms with Crippen LogP contribution in [0.4, 0.5) is 0 Å². The summed E-state index contributed by atoms with van der Waals surface area (Å²) in [6.45, 7) is 7.58. The average Bonchev–Trinajstić information content (AvgIpc) is 3.39. The van der Waals surface area contributed by atoms with Gasteiger partial charge < -0.3 is 24.5 Å². The number of aromatic nitrogens is 1. The van der Waals surface area contributed by atoms with Gasteiger partial charge in [-0.1, -0.05) is 19.9 Å². The van der Waals surface area contributed by atoms with E-state index >= 15 is 0 Å². The second-order valence-corrected chi connectivity index (χ2v) is 15.2. The Kier molecular flexibility index (Phi) is 12.2. The van der Waals surface area contributed by atoms with Crippen LogP contribution in [-0.4, -0.2) is 98.0 Å². The Balaban J connectivity index is 1.79. The fourth-order valence-corrected chi connectivity index (χ4v) is 7.15. The Labute approximate surface area is 260 Å². The predicted octanol–water partition coefficient (Wildman–Crippen LogP) is 3.61. The van der Waals surface area contributed by atoms with E-state index in [1.807, 2.05) is 20.5 Å². The quantitative estimate of drug-likeness (QED) is 0.239. The molecule has 0 bridgehead atoms. The molecule has 1 aromatic heterocycles. The van der Waals surface area contributed by atoms with Crippen molar-refractivity contribution in [2.24, 2.45) is 5.92 Å². The van der Waals surface area contributed by atoms with Crippen LogP contribution >= 0.6 is 7.55 Å². The first-order chi connectivity index (χ1) is 20.7. The van der Waals surface area contributed by atoms with Crippen molar-refractivity contribution in [1.29, 1.82) is 0 Å². The smallest absolute Gasteiger partial charge is 0.254 e. The zero-order valence-electron chi connectivity index (χ0n) is 26.1. The summed E-state index contributed by atoms with van der Waals surface area (Å²) >= 11 is 0. The summed E-state index contributed by atoms with van der Waals surface area (Å²) in [6, 6.07) is 11.6. The second kappa shape index (κ2) is 15.4. The molecular formula is C31H42N4O7PS+. The highest BCUT2D eigenvalue weighted by atomic mass is 32.2. The molecule has 2 N–H and O–H groups in total. The van der Waals surface area contributed by atoms with Crippen LogP contribution in [0.2, 0.25) is 0 Å². The minimum absolute atomic E-state index is 0.0228.